The number of pyridine rings is 2. The Balaban J connectivity index is 0.919. The molecule has 63 heavy (non-hydrogen) atoms. The van der Waals surface area contributed by atoms with E-state index in [0.717, 1.165) is 32.9 Å². The molecule has 0 aliphatic carbocycles. The summed E-state index contributed by atoms with van der Waals surface area (Å²) in [6.07, 6.45) is 6.51. The van der Waals surface area contributed by atoms with Crippen LogP contribution in [0.5, 0.6) is 46.3 Å². The molecule has 4 aromatic heterocycles. The van der Waals surface area contributed by atoms with Gasteiger partial charge in [-0.1, -0.05) is 48.5 Å². The van der Waals surface area contributed by atoms with Gasteiger partial charge in [-0.25, -0.2) is 24.9 Å². The van der Waals surface area contributed by atoms with Crippen molar-refractivity contribution in [3.63, 3.8) is 0 Å². The number of hydrogen-bond acceptors (Lipinski definition) is 9. The summed E-state index contributed by atoms with van der Waals surface area (Å²) < 4.78 is 27.4. The minimum atomic E-state index is 0.455. The van der Waals surface area contributed by atoms with E-state index in [2.05, 4.69) is 89.0 Å². The zero-order valence-corrected chi connectivity index (χ0v) is 35.0. The van der Waals surface area contributed by atoms with Crippen molar-refractivity contribution < 1.29 is 18.9 Å². The van der Waals surface area contributed by atoms with Crippen LogP contribution in [0.1, 0.15) is 22.3 Å². The van der Waals surface area contributed by atoms with Crippen LogP contribution in [0.25, 0.3) is 50.0 Å². The maximum Gasteiger partial charge on any atom is 0.237 e. The third kappa shape index (κ3) is 8.01. The number of benzene rings is 6. The Morgan fingerprint density at radius 3 is 1.22 bits per heavy atom. The number of fused-ring (bicyclic) bond motifs is 3. The molecule has 0 saturated carbocycles. The molecule has 10 aromatic rings. The maximum atomic E-state index is 6.46. The second-order valence-electron chi connectivity index (χ2n) is 15.3. The summed E-state index contributed by atoms with van der Waals surface area (Å²) in [7, 11) is 0. The largest absolute Gasteiger partial charge is 0.457 e. The first kappa shape index (κ1) is 38.8. The molecule has 0 aliphatic rings. The molecule has 0 N–H and O–H groups in total. The lowest BCUT2D eigenvalue weighted by Crippen LogP contribution is -2.01. The van der Waals surface area contributed by atoms with Crippen LogP contribution in [0.3, 0.4) is 0 Å². The van der Waals surface area contributed by atoms with Crippen molar-refractivity contribution >= 4 is 21.8 Å². The Hall–Kier alpha value is -8.37. The second kappa shape index (κ2) is 16.6. The minimum Gasteiger partial charge on any atom is -0.457 e. The fraction of sp³-hybridized carbons (Fsp3) is 0.0755. The smallest absolute Gasteiger partial charge is 0.237 e. The fourth-order valence-electron chi connectivity index (χ4n) is 8.17. The lowest BCUT2D eigenvalue weighted by molar-refractivity contribution is 0.449. The van der Waals surface area contributed by atoms with Crippen molar-refractivity contribution in [3.05, 3.63) is 193 Å². The third-order valence-corrected chi connectivity index (χ3v) is 10.9. The standard InChI is InChI=1S/C53H40N6O4/c1-33-9-5-10-34(2)51(33)37-21-23-55-49(25-37)62-41-15-7-13-39(27-41)60-43-17-19-45-46-20-18-44(30-48(46)59(47(45)29-43)53-57-31-54-32-58-53)61-40-14-8-16-42(28-40)63-50-26-38(22-24-56-50)52-35(3)11-6-12-36(52)4/h5-32H,1-4H3. The van der Waals surface area contributed by atoms with E-state index in [0.29, 0.717) is 52.2 Å². The van der Waals surface area contributed by atoms with Gasteiger partial charge in [0.15, 0.2) is 0 Å². The van der Waals surface area contributed by atoms with E-state index >= 15 is 0 Å². The molecule has 0 fully saturated rings. The van der Waals surface area contributed by atoms with Gasteiger partial charge in [0.05, 0.1) is 11.0 Å². The molecule has 6 aromatic carbocycles. The number of aryl methyl sites for hydroxylation is 4. The Morgan fingerprint density at radius 1 is 0.381 bits per heavy atom. The van der Waals surface area contributed by atoms with Gasteiger partial charge in [0.2, 0.25) is 17.7 Å². The molecule has 306 valence electrons. The highest BCUT2D eigenvalue weighted by Gasteiger charge is 2.17. The first-order valence-corrected chi connectivity index (χ1v) is 20.5. The van der Waals surface area contributed by atoms with Crippen molar-refractivity contribution in [3.8, 4) is 74.5 Å². The van der Waals surface area contributed by atoms with E-state index in [1.807, 2.05) is 114 Å². The van der Waals surface area contributed by atoms with E-state index in [1.54, 1.807) is 12.4 Å². The molecular weight excluding hydrogens is 785 g/mol. The Bertz CT molecular complexity index is 3070. The number of rotatable bonds is 11. The average Bonchev–Trinajstić information content (AvgIpc) is 3.60. The molecule has 10 nitrogen and oxygen atoms in total. The van der Waals surface area contributed by atoms with E-state index in [9.17, 15) is 0 Å². The van der Waals surface area contributed by atoms with Gasteiger partial charge in [0, 0.05) is 59.6 Å². The van der Waals surface area contributed by atoms with Crippen molar-refractivity contribution in [2.75, 3.05) is 0 Å². The number of hydrogen-bond donors (Lipinski definition) is 0. The molecule has 0 spiro atoms. The van der Waals surface area contributed by atoms with E-state index in [4.69, 9.17) is 18.9 Å². The molecule has 10 rings (SSSR count). The first-order valence-electron chi connectivity index (χ1n) is 20.5. The van der Waals surface area contributed by atoms with Gasteiger partial charge < -0.3 is 18.9 Å². The fourth-order valence-corrected chi connectivity index (χ4v) is 8.17. The molecule has 0 bridgehead atoms. The Kier molecular flexibility index (Phi) is 10.2. The molecular formula is C53H40N6O4. The van der Waals surface area contributed by atoms with Crippen LogP contribution in [0.15, 0.2) is 171 Å². The lowest BCUT2D eigenvalue weighted by atomic mass is 9.97. The molecule has 0 radical (unpaired) electrons. The van der Waals surface area contributed by atoms with Crippen LogP contribution >= 0.6 is 0 Å². The SMILES string of the molecule is Cc1cccc(C)c1-c1ccnc(Oc2cccc(Oc3ccc4c5ccc(Oc6cccc(Oc7cc(-c8c(C)cccc8C)ccn7)c6)cc5n(-c5ncncn5)c4c3)c2)c1. The number of nitrogens with zero attached hydrogens (tertiary/aromatic N) is 6. The van der Waals surface area contributed by atoms with E-state index < -0.39 is 0 Å². The van der Waals surface area contributed by atoms with Gasteiger partial charge in [-0.15, -0.1) is 0 Å². The normalized spacial score (nSPS) is 11.2. The van der Waals surface area contributed by atoms with Crippen LogP contribution in [0, 0.1) is 27.7 Å². The van der Waals surface area contributed by atoms with Gasteiger partial charge in [-0.2, -0.15) is 0 Å². The van der Waals surface area contributed by atoms with Crippen molar-refractivity contribution in [2.45, 2.75) is 27.7 Å². The van der Waals surface area contributed by atoms with Crippen molar-refractivity contribution in [2.24, 2.45) is 0 Å². The summed E-state index contributed by atoms with van der Waals surface area (Å²) in [6.45, 7) is 8.45. The highest BCUT2D eigenvalue weighted by atomic mass is 16.5. The molecule has 0 unspecified atom stereocenters. The van der Waals surface area contributed by atoms with Gasteiger partial charge in [0.25, 0.3) is 0 Å². The molecule has 0 aliphatic heterocycles. The zero-order valence-electron chi connectivity index (χ0n) is 35.0. The summed E-state index contributed by atoms with van der Waals surface area (Å²) in [4.78, 5) is 22.1. The van der Waals surface area contributed by atoms with Gasteiger partial charge in [-0.05, 0) is 133 Å². The Labute approximate surface area is 364 Å². The number of ether oxygens (including phenoxy) is 4. The maximum absolute atomic E-state index is 6.46. The lowest BCUT2D eigenvalue weighted by Gasteiger charge is -2.12. The minimum absolute atomic E-state index is 0.455. The monoisotopic (exact) mass is 824 g/mol. The topological polar surface area (TPSA) is 106 Å². The molecule has 0 atom stereocenters. The van der Waals surface area contributed by atoms with E-state index in [1.165, 1.54) is 46.0 Å². The van der Waals surface area contributed by atoms with Gasteiger partial charge in [0.1, 0.15) is 47.2 Å². The molecule has 4 heterocycles. The quantitative estimate of drug-likeness (QED) is 0.126. The second-order valence-corrected chi connectivity index (χ2v) is 15.3. The van der Waals surface area contributed by atoms with Crippen LogP contribution in [-0.4, -0.2) is 29.5 Å². The highest BCUT2D eigenvalue weighted by molar-refractivity contribution is 6.09. The van der Waals surface area contributed by atoms with Crippen LogP contribution in [-0.2, 0) is 0 Å². The molecule has 0 amide bonds. The summed E-state index contributed by atoms with van der Waals surface area (Å²) in [5.41, 5.74) is 10.9. The highest BCUT2D eigenvalue weighted by Crippen LogP contribution is 2.39. The summed E-state index contributed by atoms with van der Waals surface area (Å²) in [6, 6.07) is 47.5. The van der Waals surface area contributed by atoms with Crippen LogP contribution < -0.4 is 18.9 Å². The average molecular weight is 825 g/mol. The third-order valence-electron chi connectivity index (χ3n) is 10.9. The van der Waals surface area contributed by atoms with Gasteiger partial charge >= 0.3 is 0 Å². The van der Waals surface area contributed by atoms with Gasteiger partial charge in [-0.3, -0.25) is 4.57 Å². The summed E-state index contributed by atoms with van der Waals surface area (Å²) in [5, 5.41) is 1.98. The predicted octanol–water partition coefficient (Wildman–Crippen LogP) is 13.5. The van der Waals surface area contributed by atoms with Crippen molar-refractivity contribution in [1.29, 1.82) is 0 Å². The predicted molar refractivity (Wildman–Crippen MR) is 246 cm³/mol. The van der Waals surface area contributed by atoms with E-state index in [-0.39, 0.29) is 0 Å². The van der Waals surface area contributed by atoms with Crippen LogP contribution in [0.4, 0.5) is 0 Å². The Morgan fingerprint density at radius 2 is 0.778 bits per heavy atom. The summed E-state index contributed by atoms with van der Waals surface area (Å²) in [5.74, 6) is 5.09. The van der Waals surface area contributed by atoms with Crippen LogP contribution in [0.2, 0.25) is 0 Å². The van der Waals surface area contributed by atoms with Crippen molar-refractivity contribution in [1.82, 2.24) is 29.5 Å². The molecule has 0 saturated heterocycles. The summed E-state index contributed by atoms with van der Waals surface area (Å²) >= 11 is 0. The first-order chi connectivity index (χ1) is 30.8. The molecule has 10 heteroatoms. The number of aromatic nitrogens is 6. The zero-order chi connectivity index (χ0) is 42.9.